The van der Waals surface area contributed by atoms with Gasteiger partial charge in [0.1, 0.15) is 0 Å². The van der Waals surface area contributed by atoms with Crippen molar-refractivity contribution in [3.63, 3.8) is 0 Å². The molecule has 3 N–H and O–H groups in total. The molecule has 0 aliphatic heterocycles. The number of hydrogen-bond donors (Lipinski definition) is 2. The number of alkyl halides is 4. The van der Waals surface area contributed by atoms with Crippen LogP contribution in [0.15, 0.2) is 76.3 Å². The zero-order chi connectivity index (χ0) is 26.0. The van der Waals surface area contributed by atoms with Crippen molar-refractivity contribution < 1.29 is 31.1 Å². The molecular formula is C23H21Cl2F3N2O4S. The van der Waals surface area contributed by atoms with Gasteiger partial charge < -0.3 is 11.1 Å². The first-order valence-electron chi connectivity index (χ1n) is 10.2. The number of halogens is 5. The fourth-order valence-electron chi connectivity index (χ4n) is 3.68. The first-order valence-corrected chi connectivity index (χ1v) is 12.8. The van der Waals surface area contributed by atoms with Crippen molar-refractivity contribution in [3.05, 3.63) is 82.5 Å². The number of nitrogens with one attached hydrogen (secondary N) is 1. The number of sulfone groups is 1. The van der Waals surface area contributed by atoms with Crippen LogP contribution in [0.25, 0.3) is 5.57 Å². The maximum atomic E-state index is 13.3. The monoisotopic (exact) mass is 548 g/mol. The van der Waals surface area contributed by atoms with E-state index in [4.69, 9.17) is 28.9 Å². The van der Waals surface area contributed by atoms with E-state index in [0.29, 0.717) is 11.1 Å². The highest BCUT2D eigenvalue weighted by atomic mass is 35.5. The van der Waals surface area contributed by atoms with Crippen LogP contribution in [-0.4, -0.2) is 38.5 Å². The minimum atomic E-state index is -5.09. The third kappa shape index (κ3) is 6.65. The summed E-state index contributed by atoms with van der Waals surface area (Å²) in [5.74, 6) is -1.56. The molecule has 188 valence electrons. The van der Waals surface area contributed by atoms with Crippen molar-refractivity contribution in [2.24, 2.45) is 5.73 Å². The topological polar surface area (TPSA) is 98.5 Å². The summed E-state index contributed by atoms with van der Waals surface area (Å²) in [7, 11) is -3.44. The smallest absolute Gasteiger partial charge is 0.329 e. The van der Waals surface area contributed by atoms with Crippen molar-refractivity contribution in [1.82, 2.24) is 5.32 Å². The van der Waals surface area contributed by atoms with Crippen LogP contribution in [0.1, 0.15) is 23.5 Å². The van der Waals surface area contributed by atoms with Crippen molar-refractivity contribution in [2.45, 2.75) is 28.7 Å². The molecule has 0 spiro atoms. The van der Waals surface area contributed by atoms with Crippen LogP contribution in [0.5, 0.6) is 0 Å². The first kappa shape index (κ1) is 27.2. The van der Waals surface area contributed by atoms with Crippen molar-refractivity contribution in [3.8, 4) is 0 Å². The number of rotatable bonds is 7. The second kappa shape index (κ2) is 10.3. The van der Waals surface area contributed by atoms with Gasteiger partial charge >= 0.3 is 6.36 Å². The molecular weight excluding hydrogens is 528 g/mol. The van der Waals surface area contributed by atoms with Crippen LogP contribution in [-0.2, 0) is 19.4 Å². The predicted octanol–water partition coefficient (Wildman–Crippen LogP) is 4.66. The Morgan fingerprint density at radius 2 is 1.77 bits per heavy atom. The Morgan fingerprint density at radius 1 is 1.17 bits per heavy atom. The number of nitrogens with two attached hydrogens (primary N) is 1. The lowest BCUT2D eigenvalue weighted by atomic mass is 9.91. The van der Waals surface area contributed by atoms with Crippen molar-refractivity contribution in [1.29, 1.82) is 0 Å². The minimum Gasteiger partial charge on any atom is -0.329 e. The summed E-state index contributed by atoms with van der Waals surface area (Å²) >= 11 is 12.7. The number of carbonyl (C=O) groups excluding carboxylic acids is 1. The Balaban J connectivity index is 1.93. The van der Waals surface area contributed by atoms with Gasteiger partial charge in [-0.3, -0.25) is 9.53 Å². The number of allylic oxidation sites excluding steroid dienone is 2. The van der Waals surface area contributed by atoms with Gasteiger partial charge in [-0.05, 0) is 29.3 Å². The summed E-state index contributed by atoms with van der Waals surface area (Å²) in [4.78, 5) is 13.0. The molecule has 0 aromatic heterocycles. The molecule has 0 bridgehead atoms. The summed E-state index contributed by atoms with van der Waals surface area (Å²) in [6.07, 6.45) is -3.29. The van der Waals surface area contributed by atoms with E-state index in [1.165, 1.54) is 42.5 Å². The van der Waals surface area contributed by atoms with E-state index in [2.05, 4.69) is 10.1 Å². The highest BCUT2D eigenvalue weighted by molar-refractivity contribution is 7.90. The zero-order valence-corrected chi connectivity index (χ0v) is 20.6. The van der Waals surface area contributed by atoms with E-state index < -0.39 is 39.5 Å². The SMILES string of the molecule is CS(=O)(=O)c1ccc(C(CN)C(=O)NC2=CC(Cl)=C(c3ccccc3)C(Cl)(OC(F)(F)F)C2)cc1. The van der Waals surface area contributed by atoms with Crippen LogP contribution in [0.3, 0.4) is 0 Å². The number of carbonyl (C=O) groups is 1. The Labute approximate surface area is 210 Å². The van der Waals surface area contributed by atoms with Gasteiger partial charge in [0, 0.05) is 30.5 Å². The lowest BCUT2D eigenvalue weighted by Gasteiger charge is -2.35. The summed E-state index contributed by atoms with van der Waals surface area (Å²) in [6, 6.07) is 13.5. The number of amides is 1. The van der Waals surface area contributed by atoms with Gasteiger partial charge in [0.05, 0.1) is 15.8 Å². The van der Waals surface area contributed by atoms with Gasteiger partial charge in [0.25, 0.3) is 0 Å². The zero-order valence-electron chi connectivity index (χ0n) is 18.3. The maximum Gasteiger partial charge on any atom is 0.524 e. The molecule has 6 nitrogen and oxygen atoms in total. The largest absolute Gasteiger partial charge is 0.524 e. The molecule has 3 rings (SSSR count). The van der Waals surface area contributed by atoms with Crippen LogP contribution in [0.2, 0.25) is 0 Å². The first-order chi connectivity index (χ1) is 16.2. The third-order valence-corrected chi connectivity index (χ3v) is 7.04. The number of ether oxygens (including phenoxy) is 1. The third-order valence-electron chi connectivity index (χ3n) is 5.22. The average molecular weight is 549 g/mol. The molecule has 0 saturated carbocycles. The van der Waals surface area contributed by atoms with E-state index in [9.17, 15) is 26.4 Å². The lowest BCUT2D eigenvalue weighted by molar-refractivity contribution is -0.342. The Kier molecular flexibility index (Phi) is 8.02. The highest BCUT2D eigenvalue weighted by Crippen LogP contribution is 2.48. The molecule has 1 amide bonds. The normalized spacial score (nSPS) is 19.8. The molecule has 35 heavy (non-hydrogen) atoms. The molecule has 0 heterocycles. The van der Waals surface area contributed by atoms with Crippen LogP contribution in [0, 0.1) is 0 Å². The van der Waals surface area contributed by atoms with Gasteiger partial charge in [-0.25, -0.2) is 8.42 Å². The molecule has 2 aromatic carbocycles. The van der Waals surface area contributed by atoms with Crippen LogP contribution in [0.4, 0.5) is 13.2 Å². The van der Waals surface area contributed by atoms with Gasteiger partial charge in [0.15, 0.2) is 14.9 Å². The molecule has 12 heteroatoms. The highest BCUT2D eigenvalue weighted by Gasteiger charge is 2.48. The Hall–Kier alpha value is -2.37. The minimum absolute atomic E-state index is 0.00913. The molecule has 2 atom stereocenters. The second-order valence-electron chi connectivity index (χ2n) is 7.83. The molecule has 1 aliphatic rings. The molecule has 2 aromatic rings. The summed E-state index contributed by atoms with van der Waals surface area (Å²) < 4.78 is 67.4. The van der Waals surface area contributed by atoms with E-state index in [-0.39, 0.29) is 27.7 Å². The van der Waals surface area contributed by atoms with Crippen LogP contribution < -0.4 is 11.1 Å². The van der Waals surface area contributed by atoms with Crippen LogP contribution >= 0.6 is 23.2 Å². The summed E-state index contributed by atoms with van der Waals surface area (Å²) in [6.45, 7) is -0.152. The van der Waals surface area contributed by atoms with E-state index >= 15 is 0 Å². The Bertz CT molecular complexity index is 1260. The molecule has 0 saturated heterocycles. The summed E-state index contributed by atoms with van der Waals surface area (Å²) in [5, 5.41) is -0.0509. The quantitative estimate of drug-likeness (QED) is 0.490. The summed E-state index contributed by atoms with van der Waals surface area (Å²) in [5.41, 5.74) is 6.40. The van der Waals surface area contributed by atoms with Crippen molar-refractivity contribution >= 4 is 44.5 Å². The average Bonchev–Trinajstić information content (AvgIpc) is 2.72. The van der Waals surface area contributed by atoms with E-state index in [1.54, 1.807) is 18.2 Å². The van der Waals surface area contributed by atoms with E-state index in [1.807, 2.05) is 0 Å². The van der Waals surface area contributed by atoms with E-state index in [0.717, 1.165) is 6.26 Å². The fraction of sp³-hybridized carbons (Fsp3) is 0.261. The fourth-order valence-corrected chi connectivity index (χ4v) is 5.20. The molecule has 1 aliphatic carbocycles. The van der Waals surface area contributed by atoms with Crippen molar-refractivity contribution in [2.75, 3.05) is 12.8 Å². The predicted molar refractivity (Wildman–Crippen MR) is 127 cm³/mol. The standard InChI is InChI=1S/C23H21Cl2F3N2O4S/c1-35(32,33)17-9-7-14(8-10-17)18(13-29)21(31)30-16-11-19(24)20(15-5-3-2-4-6-15)22(25,12-16)34-23(26,27)28/h2-11,18H,12-13,29H2,1H3,(H,30,31). The molecule has 0 fully saturated rings. The molecule has 2 unspecified atom stereocenters. The second-order valence-corrected chi connectivity index (χ2v) is 10.9. The van der Waals surface area contributed by atoms with Gasteiger partial charge in [-0.1, -0.05) is 65.7 Å². The van der Waals surface area contributed by atoms with Gasteiger partial charge in [-0.15, -0.1) is 13.2 Å². The maximum absolute atomic E-state index is 13.3. The number of hydrogen-bond acceptors (Lipinski definition) is 5. The Morgan fingerprint density at radius 3 is 2.29 bits per heavy atom. The van der Waals surface area contributed by atoms with Gasteiger partial charge in [0.2, 0.25) is 5.91 Å². The van der Waals surface area contributed by atoms with Gasteiger partial charge in [-0.2, -0.15) is 0 Å². The lowest BCUT2D eigenvalue weighted by Crippen LogP contribution is -2.41. The number of benzene rings is 2. The molecule has 0 radical (unpaired) electrons.